The molecule has 1 heteroatoms. The highest BCUT2D eigenvalue weighted by Crippen LogP contribution is 1.82. The van der Waals surface area contributed by atoms with E-state index in [9.17, 15) is 0 Å². The Kier molecular flexibility index (Phi) is 2.70. The van der Waals surface area contributed by atoms with Gasteiger partial charge in [0.2, 0.25) is 0 Å². The standard InChI is InChI=1S/C11H13N/c1-3-6-11(12)10-8-5-4-7-9(10)2/h3-8H,2,12H2,1H3/b6-3-,11-10+. The molecule has 0 atom stereocenters. The van der Waals surface area contributed by atoms with E-state index in [0.29, 0.717) is 0 Å². The van der Waals surface area contributed by atoms with Gasteiger partial charge in [-0.05, 0) is 18.2 Å². The third-order valence-corrected chi connectivity index (χ3v) is 1.67. The van der Waals surface area contributed by atoms with Crippen molar-refractivity contribution in [2.45, 2.75) is 6.92 Å². The first kappa shape index (κ1) is 8.60. The van der Waals surface area contributed by atoms with Crippen molar-refractivity contribution < 1.29 is 0 Å². The lowest BCUT2D eigenvalue weighted by Gasteiger charge is -1.92. The summed E-state index contributed by atoms with van der Waals surface area (Å²) < 4.78 is 0. The van der Waals surface area contributed by atoms with Gasteiger partial charge in [-0.25, -0.2) is 0 Å². The van der Waals surface area contributed by atoms with Crippen molar-refractivity contribution in [2.24, 2.45) is 5.73 Å². The van der Waals surface area contributed by atoms with Crippen LogP contribution in [0.2, 0.25) is 0 Å². The second-order valence-electron chi connectivity index (χ2n) is 2.61. The molecule has 0 aliphatic rings. The second-order valence-corrected chi connectivity index (χ2v) is 2.61. The summed E-state index contributed by atoms with van der Waals surface area (Å²) >= 11 is 0. The summed E-state index contributed by atoms with van der Waals surface area (Å²) in [6, 6.07) is 7.83. The molecule has 0 aromatic heterocycles. The first-order valence-corrected chi connectivity index (χ1v) is 3.92. The Labute approximate surface area is 72.5 Å². The van der Waals surface area contributed by atoms with E-state index in [0.717, 1.165) is 16.1 Å². The molecule has 0 aliphatic carbocycles. The van der Waals surface area contributed by atoms with Crippen LogP contribution >= 0.6 is 0 Å². The summed E-state index contributed by atoms with van der Waals surface area (Å²) in [6.45, 7) is 5.83. The minimum atomic E-state index is 0.767. The van der Waals surface area contributed by atoms with E-state index in [-0.39, 0.29) is 0 Å². The van der Waals surface area contributed by atoms with Gasteiger partial charge in [-0.3, -0.25) is 0 Å². The first-order chi connectivity index (χ1) is 5.75. The Morgan fingerprint density at radius 1 is 1.42 bits per heavy atom. The quantitative estimate of drug-likeness (QED) is 0.642. The van der Waals surface area contributed by atoms with Crippen LogP contribution in [0.4, 0.5) is 0 Å². The topological polar surface area (TPSA) is 26.0 Å². The van der Waals surface area contributed by atoms with E-state index >= 15 is 0 Å². The molecule has 0 saturated carbocycles. The van der Waals surface area contributed by atoms with E-state index in [1.54, 1.807) is 0 Å². The summed E-state index contributed by atoms with van der Waals surface area (Å²) in [5.41, 5.74) is 6.56. The molecule has 1 rings (SSSR count). The van der Waals surface area contributed by atoms with Crippen LogP contribution in [0.15, 0.2) is 36.4 Å². The number of benzene rings is 1. The van der Waals surface area contributed by atoms with Crippen LogP contribution in [0.5, 0.6) is 0 Å². The van der Waals surface area contributed by atoms with E-state index in [4.69, 9.17) is 5.73 Å². The van der Waals surface area contributed by atoms with Crippen molar-refractivity contribution in [2.75, 3.05) is 0 Å². The van der Waals surface area contributed by atoms with Crippen molar-refractivity contribution in [3.05, 3.63) is 46.9 Å². The Morgan fingerprint density at radius 2 is 2.08 bits per heavy atom. The molecule has 2 N–H and O–H groups in total. The SMILES string of the molecule is C=c1cccc/c1=C(N)/C=C\C. The normalized spacial score (nSPS) is 13.4. The molecule has 1 nitrogen and oxygen atoms in total. The molecule has 0 spiro atoms. The van der Waals surface area contributed by atoms with Crippen LogP contribution in [0.25, 0.3) is 12.3 Å². The van der Waals surface area contributed by atoms with Gasteiger partial charge in [-0.1, -0.05) is 36.9 Å². The monoisotopic (exact) mass is 159 g/mol. The fraction of sp³-hybridized carbons (Fsp3) is 0.0909. The highest BCUT2D eigenvalue weighted by molar-refractivity contribution is 5.52. The molecule has 0 unspecified atom stereocenters. The van der Waals surface area contributed by atoms with Crippen molar-refractivity contribution in [3.63, 3.8) is 0 Å². The molecule has 1 aromatic rings. The predicted octanol–water partition coefficient (Wildman–Crippen LogP) is 0.740. The molecule has 0 fully saturated rings. The van der Waals surface area contributed by atoms with Crippen LogP contribution in [0.3, 0.4) is 0 Å². The van der Waals surface area contributed by atoms with Gasteiger partial charge in [0.1, 0.15) is 0 Å². The lowest BCUT2D eigenvalue weighted by atomic mass is 10.2. The van der Waals surface area contributed by atoms with Crippen LogP contribution in [0, 0.1) is 0 Å². The largest absolute Gasteiger partial charge is 0.398 e. The molecule has 0 aliphatic heterocycles. The van der Waals surface area contributed by atoms with Gasteiger partial charge >= 0.3 is 0 Å². The van der Waals surface area contributed by atoms with Gasteiger partial charge in [0.15, 0.2) is 0 Å². The maximum Gasteiger partial charge on any atom is 0.0390 e. The fourth-order valence-electron chi connectivity index (χ4n) is 1.07. The maximum atomic E-state index is 5.80. The molecular weight excluding hydrogens is 146 g/mol. The van der Waals surface area contributed by atoms with Crippen molar-refractivity contribution >= 4 is 12.3 Å². The van der Waals surface area contributed by atoms with Gasteiger partial charge in [0, 0.05) is 10.9 Å². The molecule has 0 saturated heterocycles. The zero-order valence-corrected chi connectivity index (χ0v) is 7.25. The molecule has 62 valence electrons. The molecular formula is C11H13N. The first-order valence-electron chi connectivity index (χ1n) is 3.92. The van der Waals surface area contributed by atoms with Gasteiger partial charge in [-0.15, -0.1) is 0 Å². The molecule has 0 heterocycles. The van der Waals surface area contributed by atoms with E-state index in [2.05, 4.69) is 6.58 Å². The molecule has 0 radical (unpaired) electrons. The van der Waals surface area contributed by atoms with Crippen molar-refractivity contribution in [3.8, 4) is 0 Å². The summed E-state index contributed by atoms with van der Waals surface area (Å²) in [4.78, 5) is 0. The summed E-state index contributed by atoms with van der Waals surface area (Å²) in [5.74, 6) is 0. The number of hydrogen-bond donors (Lipinski definition) is 1. The van der Waals surface area contributed by atoms with Crippen molar-refractivity contribution in [1.82, 2.24) is 0 Å². The predicted molar refractivity (Wildman–Crippen MR) is 53.6 cm³/mol. The van der Waals surface area contributed by atoms with E-state index < -0.39 is 0 Å². The van der Waals surface area contributed by atoms with Crippen LogP contribution < -0.4 is 16.2 Å². The number of hydrogen-bond acceptors (Lipinski definition) is 1. The summed E-state index contributed by atoms with van der Waals surface area (Å²) in [6.07, 6.45) is 3.80. The molecule has 0 bridgehead atoms. The number of rotatable bonds is 1. The third-order valence-electron chi connectivity index (χ3n) is 1.67. The molecule has 1 aromatic carbocycles. The second kappa shape index (κ2) is 3.77. The minimum Gasteiger partial charge on any atom is -0.398 e. The zero-order chi connectivity index (χ0) is 8.97. The van der Waals surface area contributed by atoms with Crippen LogP contribution in [-0.4, -0.2) is 0 Å². The Balaban J connectivity index is 3.45. The van der Waals surface area contributed by atoms with Gasteiger partial charge < -0.3 is 5.73 Å². The fourth-order valence-corrected chi connectivity index (χ4v) is 1.07. The average molecular weight is 159 g/mol. The molecule has 12 heavy (non-hydrogen) atoms. The lowest BCUT2D eigenvalue weighted by molar-refractivity contribution is 1.45. The Bertz CT molecular complexity index is 388. The van der Waals surface area contributed by atoms with Crippen LogP contribution in [0.1, 0.15) is 6.92 Å². The van der Waals surface area contributed by atoms with E-state index in [1.165, 1.54) is 0 Å². The Morgan fingerprint density at radius 3 is 2.67 bits per heavy atom. The van der Waals surface area contributed by atoms with Gasteiger partial charge in [0.25, 0.3) is 0 Å². The maximum absolute atomic E-state index is 5.80. The summed E-state index contributed by atoms with van der Waals surface area (Å²) in [7, 11) is 0. The molecule has 0 amide bonds. The van der Waals surface area contributed by atoms with Gasteiger partial charge in [-0.2, -0.15) is 0 Å². The van der Waals surface area contributed by atoms with Crippen LogP contribution in [-0.2, 0) is 0 Å². The highest BCUT2D eigenvalue weighted by Gasteiger charge is 1.85. The lowest BCUT2D eigenvalue weighted by Crippen LogP contribution is -2.27. The Hall–Kier alpha value is -1.50. The van der Waals surface area contributed by atoms with Gasteiger partial charge in [0.05, 0.1) is 0 Å². The smallest absolute Gasteiger partial charge is 0.0390 e. The van der Waals surface area contributed by atoms with E-state index in [1.807, 2.05) is 43.3 Å². The number of allylic oxidation sites excluding steroid dienone is 1. The minimum absolute atomic E-state index is 0.767. The highest BCUT2D eigenvalue weighted by atomic mass is 14.6. The summed E-state index contributed by atoms with van der Waals surface area (Å²) in [5, 5.41) is 1.98. The average Bonchev–Trinajstić information content (AvgIpc) is 2.05. The number of nitrogens with two attached hydrogens (primary N) is 1. The zero-order valence-electron chi connectivity index (χ0n) is 7.25. The van der Waals surface area contributed by atoms with Crippen molar-refractivity contribution in [1.29, 1.82) is 0 Å². The third kappa shape index (κ3) is 1.76.